The Bertz CT molecular complexity index is 943. The molecule has 5 heteroatoms. The van der Waals surface area contributed by atoms with Gasteiger partial charge in [-0.05, 0) is 48.9 Å². The molecule has 1 aliphatic heterocycles. The van der Waals surface area contributed by atoms with Crippen molar-refractivity contribution in [2.75, 3.05) is 10.2 Å². The maximum atomic E-state index is 13.9. The van der Waals surface area contributed by atoms with Crippen molar-refractivity contribution in [3.8, 4) is 0 Å². The molecule has 0 spiro atoms. The van der Waals surface area contributed by atoms with E-state index in [-0.39, 0.29) is 11.7 Å². The van der Waals surface area contributed by atoms with Crippen molar-refractivity contribution in [1.29, 1.82) is 0 Å². The predicted molar refractivity (Wildman–Crippen MR) is 95.0 cm³/mol. The van der Waals surface area contributed by atoms with E-state index in [2.05, 4.69) is 10.3 Å². The van der Waals surface area contributed by atoms with Crippen molar-refractivity contribution in [3.63, 3.8) is 0 Å². The van der Waals surface area contributed by atoms with Crippen molar-refractivity contribution in [2.24, 2.45) is 0 Å². The number of anilines is 2. The van der Waals surface area contributed by atoms with Gasteiger partial charge < -0.3 is 5.32 Å². The molecular weight excluding hydrogens is 317 g/mol. The topological polar surface area (TPSA) is 45.2 Å². The molecule has 2 heterocycles. The number of carbonyl (C=O) groups is 1. The lowest BCUT2D eigenvalue weighted by molar-refractivity contribution is 0.0993. The number of aryl methyl sites for hydroxylation is 1. The van der Waals surface area contributed by atoms with Crippen molar-refractivity contribution < 1.29 is 9.18 Å². The summed E-state index contributed by atoms with van der Waals surface area (Å²) in [6.07, 6.45) is 1.17. The van der Waals surface area contributed by atoms with Crippen LogP contribution in [-0.4, -0.2) is 10.9 Å². The van der Waals surface area contributed by atoms with Crippen molar-refractivity contribution in [2.45, 2.75) is 13.1 Å². The summed E-state index contributed by atoms with van der Waals surface area (Å²) in [5, 5.41) is 3.25. The second-order valence-electron chi connectivity index (χ2n) is 5.96. The number of nitrogens with one attached hydrogen (secondary N) is 1. The summed E-state index contributed by atoms with van der Waals surface area (Å²) in [7, 11) is 0. The number of rotatable bonds is 3. The lowest BCUT2D eigenvalue weighted by Crippen LogP contribution is -2.32. The zero-order valence-corrected chi connectivity index (χ0v) is 13.6. The fourth-order valence-electron chi connectivity index (χ4n) is 3.01. The van der Waals surface area contributed by atoms with Gasteiger partial charge in [-0.15, -0.1) is 0 Å². The van der Waals surface area contributed by atoms with E-state index in [1.807, 2.05) is 30.3 Å². The minimum Gasteiger partial charge on any atom is -0.360 e. The van der Waals surface area contributed by atoms with Gasteiger partial charge in [0, 0.05) is 17.6 Å². The number of nitrogens with zero attached hydrogens (tertiary/aromatic N) is 2. The number of fused-ring (bicyclic) bond motifs is 1. The molecule has 1 atom stereocenters. The first-order chi connectivity index (χ1) is 12.1. The van der Waals surface area contributed by atoms with E-state index >= 15 is 0 Å². The molecule has 0 bridgehead atoms. The molecule has 25 heavy (non-hydrogen) atoms. The fraction of sp³-hybridized carbons (Fsp3) is 0.100. The number of hydrogen-bond acceptors (Lipinski definition) is 3. The third-order valence-corrected chi connectivity index (χ3v) is 4.31. The fourth-order valence-corrected chi connectivity index (χ4v) is 3.01. The van der Waals surface area contributed by atoms with Crippen LogP contribution >= 0.6 is 0 Å². The average Bonchev–Trinajstić information content (AvgIpc) is 2.91. The van der Waals surface area contributed by atoms with Crippen LogP contribution in [0.1, 0.15) is 27.8 Å². The number of pyridine rings is 1. The molecule has 4 nitrogen and oxygen atoms in total. The molecule has 124 valence electrons. The first-order valence-corrected chi connectivity index (χ1v) is 8.01. The van der Waals surface area contributed by atoms with E-state index in [1.165, 1.54) is 6.07 Å². The van der Waals surface area contributed by atoms with Gasteiger partial charge in [-0.2, -0.15) is 0 Å². The molecule has 1 N–H and O–H groups in total. The third kappa shape index (κ3) is 2.63. The van der Waals surface area contributed by atoms with E-state index < -0.39 is 6.17 Å². The second-order valence-corrected chi connectivity index (χ2v) is 5.96. The number of carbonyl (C=O) groups excluding carboxylic acids is 1. The summed E-state index contributed by atoms with van der Waals surface area (Å²) in [5.41, 5.74) is 3.12. The molecule has 0 fully saturated rings. The number of aromatic nitrogens is 1. The Hall–Kier alpha value is -3.21. The summed E-state index contributed by atoms with van der Waals surface area (Å²) in [5.74, 6) is -0.416. The van der Waals surface area contributed by atoms with E-state index in [9.17, 15) is 9.18 Å². The highest BCUT2D eigenvalue weighted by atomic mass is 19.1. The zero-order chi connectivity index (χ0) is 17.4. The Morgan fingerprint density at radius 2 is 1.88 bits per heavy atom. The van der Waals surface area contributed by atoms with Gasteiger partial charge in [-0.3, -0.25) is 14.7 Å². The van der Waals surface area contributed by atoms with E-state index in [1.54, 1.807) is 42.3 Å². The van der Waals surface area contributed by atoms with Gasteiger partial charge in [0.05, 0.1) is 11.3 Å². The summed E-state index contributed by atoms with van der Waals surface area (Å²) in [6.45, 7) is 1.71. The maximum Gasteiger partial charge on any atom is 0.262 e. The monoisotopic (exact) mass is 333 g/mol. The molecule has 0 unspecified atom stereocenters. The quantitative estimate of drug-likeness (QED) is 0.777. The van der Waals surface area contributed by atoms with Crippen LogP contribution in [0.2, 0.25) is 0 Å². The molecular formula is C20H16FN3O. The predicted octanol–water partition coefficient (Wildman–Crippen LogP) is 4.30. The second kappa shape index (κ2) is 6.02. The molecule has 1 aliphatic rings. The van der Waals surface area contributed by atoms with Crippen molar-refractivity contribution in [1.82, 2.24) is 4.98 Å². The molecule has 1 amide bonds. The van der Waals surface area contributed by atoms with E-state index in [4.69, 9.17) is 0 Å². The normalized spacial score (nSPS) is 16.0. The van der Waals surface area contributed by atoms with Crippen LogP contribution in [0, 0.1) is 12.7 Å². The SMILES string of the molecule is Cc1ccc(N[C@H]2c3ncccc3C(=O)N2c2ccccc2)cc1F. The van der Waals surface area contributed by atoms with Crippen LogP contribution in [0.15, 0.2) is 66.9 Å². The number of hydrogen-bond donors (Lipinski definition) is 1. The van der Waals surface area contributed by atoms with E-state index in [0.29, 0.717) is 22.5 Å². The molecule has 0 radical (unpaired) electrons. The van der Waals surface area contributed by atoms with Crippen LogP contribution in [0.5, 0.6) is 0 Å². The molecule has 0 aliphatic carbocycles. The Balaban J connectivity index is 1.78. The van der Waals surface area contributed by atoms with Crippen LogP contribution in [0.25, 0.3) is 0 Å². The van der Waals surface area contributed by atoms with Gasteiger partial charge in [0.15, 0.2) is 6.17 Å². The maximum absolute atomic E-state index is 13.9. The van der Waals surface area contributed by atoms with Gasteiger partial charge in [0.25, 0.3) is 5.91 Å². The Morgan fingerprint density at radius 3 is 2.64 bits per heavy atom. The lowest BCUT2D eigenvalue weighted by atomic mass is 10.2. The van der Waals surface area contributed by atoms with Crippen LogP contribution in [0.3, 0.4) is 0 Å². The van der Waals surface area contributed by atoms with Crippen LogP contribution < -0.4 is 10.2 Å². The Labute approximate surface area is 144 Å². The van der Waals surface area contributed by atoms with Crippen LogP contribution in [0.4, 0.5) is 15.8 Å². The summed E-state index contributed by atoms with van der Waals surface area (Å²) < 4.78 is 13.9. The number of benzene rings is 2. The van der Waals surface area contributed by atoms with Crippen LogP contribution in [-0.2, 0) is 0 Å². The summed E-state index contributed by atoms with van der Waals surface area (Å²) in [6, 6.07) is 17.8. The highest BCUT2D eigenvalue weighted by Crippen LogP contribution is 2.36. The first kappa shape index (κ1) is 15.3. The van der Waals surface area contributed by atoms with Gasteiger partial charge >= 0.3 is 0 Å². The van der Waals surface area contributed by atoms with Gasteiger partial charge in [0.1, 0.15) is 5.82 Å². The third-order valence-electron chi connectivity index (χ3n) is 4.31. The molecule has 4 rings (SSSR count). The molecule has 0 saturated heterocycles. The first-order valence-electron chi connectivity index (χ1n) is 8.01. The Morgan fingerprint density at radius 1 is 1.08 bits per heavy atom. The standard InChI is InChI=1S/C20H16FN3O/c1-13-9-10-14(12-17(13)21)23-19-18-16(8-5-11-22-18)20(25)24(19)15-6-3-2-4-7-15/h2-12,19,23H,1H3/t19-/m1/s1. The lowest BCUT2D eigenvalue weighted by Gasteiger charge is -2.26. The van der Waals surface area contributed by atoms with E-state index in [0.717, 1.165) is 5.69 Å². The molecule has 2 aromatic carbocycles. The van der Waals surface area contributed by atoms with Gasteiger partial charge in [-0.25, -0.2) is 4.39 Å². The smallest absolute Gasteiger partial charge is 0.262 e. The minimum atomic E-state index is -0.492. The van der Waals surface area contributed by atoms with Gasteiger partial charge in [-0.1, -0.05) is 24.3 Å². The summed E-state index contributed by atoms with van der Waals surface area (Å²) >= 11 is 0. The average molecular weight is 333 g/mol. The molecule has 0 saturated carbocycles. The summed E-state index contributed by atoms with van der Waals surface area (Å²) in [4.78, 5) is 18.9. The molecule has 3 aromatic rings. The largest absolute Gasteiger partial charge is 0.360 e. The number of halogens is 1. The van der Waals surface area contributed by atoms with Gasteiger partial charge in [0.2, 0.25) is 0 Å². The minimum absolute atomic E-state index is 0.126. The van der Waals surface area contributed by atoms with Crippen molar-refractivity contribution in [3.05, 3.63) is 89.5 Å². The molecule has 1 aromatic heterocycles. The zero-order valence-electron chi connectivity index (χ0n) is 13.6. The number of amides is 1. The highest BCUT2D eigenvalue weighted by molar-refractivity contribution is 6.11. The van der Waals surface area contributed by atoms with Crippen molar-refractivity contribution >= 4 is 17.3 Å². The number of para-hydroxylation sites is 1. The Kier molecular flexibility index (Phi) is 3.69. The highest BCUT2D eigenvalue weighted by Gasteiger charge is 2.38.